The van der Waals surface area contributed by atoms with E-state index < -0.39 is 9.84 Å². The molecule has 3 rings (SSSR count). The fourth-order valence-corrected chi connectivity index (χ4v) is 4.39. The van der Waals surface area contributed by atoms with Gasteiger partial charge in [-0.3, -0.25) is 4.79 Å². The number of ether oxygens (including phenoxy) is 1. The van der Waals surface area contributed by atoms with E-state index in [4.69, 9.17) is 4.74 Å². The maximum Gasteiger partial charge on any atom is 0.229 e. The molecule has 30 heavy (non-hydrogen) atoms. The molecule has 0 spiro atoms. The first kappa shape index (κ1) is 22.0. The Morgan fingerprint density at radius 3 is 2.33 bits per heavy atom. The Kier molecular flexibility index (Phi) is 6.89. The standard InChI is InChI=1S/C22H24N2O4S2/c1-4-24(14-16-5-9-18(28-2)10-6-16)22(25)13-21-23-20(15-29-21)17-7-11-19(12-8-17)30(3,26)27/h5-12,15H,4,13-14H2,1-3H3. The molecule has 0 aliphatic carbocycles. The van der Waals surface area contributed by atoms with Crippen LogP contribution in [0.3, 0.4) is 0 Å². The topological polar surface area (TPSA) is 76.6 Å². The molecule has 1 heterocycles. The molecule has 0 aliphatic rings. The lowest BCUT2D eigenvalue weighted by molar-refractivity contribution is -0.130. The van der Waals surface area contributed by atoms with E-state index in [2.05, 4.69) is 4.98 Å². The van der Waals surface area contributed by atoms with Crippen LogP contribution in [-0.2, 0) is 27.6 Å². The summed E-state index contributed by atoms with van der Waals surface area (Å²) in [5, 5.41) is 2.62. The van der Waals surface area contributed by atoms with Crippen molar-refractivity contribution in [1.29, 1.82) is 0 Å². The van der Waals surface area contributed by atoms with Gasteiger partial charge in [-0.05, 0) is 36.8 Å². The number of methoxy groups -OCH3 is 1. The summed E-state index contributed by atoms with van der Waals surface area (Å²) < 4.78 is 28.4. The third-order valence-electron chi connectivity index (χ3n) is 4.70. The van der Waals surface area contributed by atoms with Crippen LogP contribution >= 0.6 is 11.3 Å². The second kappa shape index (κ2) is 9.40. The molecule has 0 saturated carbocycles. The number of amides is 1. The fourth-order valence-electron chi connectivity index (χ4n) is 2.97. The lowest BCUT2D eigenvalue weighted by Gasteiger charge is -2.20. The SMILES string of the molecule is CCN(Cc1ccc(OC)cc1)C(=O)Cc1nc(-c2ccc(S(C)(=O)=O)cc2)cs1. The number of hydrogen-bond acceptors (Lipinski definition) is 6. The smallest absolute Gasteiger partial charge is 0.229 e. The highest BCUT2D eigenvalue weighted by Crippen LogP contribution is 2.24. The molecule has 0 bridgehead atoms. The molecule has 8 heteroatoms. The molecule has 158 valence electrons. The van der Waals surface area contributed by atoms with Crippen molar-refractivity contribution < 1.29 is 17.9 Å². The van der Waals surface area contributed by atoms with Gasteiger partial charge in [0.1, 0.15) is 10.8 Å². The maximum atomic E-state index is 12.8. The zero-order valence-electron chi connectivity index (χ0n) is 17.2. The monoisotopic (exact) mass is 444 g/mol. The van der Waals surface area contributed by atoms with Gasteiger partial charge < -0.3 is 9.64 Å². The van der Waals surface area contributed by atoms with Gasteiger partial charge in [0.05, 0.1) is 24.1 Å². The van der Waals surface area contributed by atoms with Gasteiger partial charge >= 0.3 is 0 Å². The molecule has 3 aromatic rings. The Balaban J connectivity index is 1.66. The van der Waals surface area contributed by atoms with Gasteiger partial charge in [-0.15, -0.1) is 11.3 Å². The minimum absolute atomic E-state index is 0.0154. The van der Waals surface area contributed by atoms with Crippen molar-refractivity contribution >= 4 is 27.1 Å². The average Bonchev–Trinajstić information content (AvgIpc) is 3.20. The van der Waals surface area contributed by atoms with Crippen LogP contribution in [0.15, 0.2) is 58.8 Å². The van der Waals surface area contributed by atoms with Crippen molar-refractivity contribution in [2.24, 2.45) is 0 Å². The first-order chi connectivity index (χ1) is 14.3. The van der Waals surface area contributed by atoms with E-state index in [1.54, 1.807) is 36.3 Å². The van der Waals surface area contributed by atoms with Crippen molar-refractivity contribution in [3.05, 3.63) is 64.5 Å². The molecule has 1 amide bonds. The quantitative estimate of drug-likeness (QED) is 0.528. The van der Waals surface area contributed by atoms with Gasteiger partial charge in [-0.2, -0.15) is 0 Å². The first-order valence-electron chi connectivity index (χ1n) is 9.45. The highest BCUT2D eigenvalue weighted by atomic mass is 32.2. The Morgan fingerprint density at radius 1 is 1.10 bits per heavy atom. The van der Waals surface area contributed by atoms with E-state index >= 15 is 0 Å². The van der Waals surface area contributed by atoms with Crippen molar-refractivity contribution in [2.45, 2.75) is 24.8 Å². The number of carbonyl (C=O) groups excluding carboxylic acids is 1. The molecule has 0 N–H and O–H groups in total. The van der Waals surface area contributed by atoms with Crippen molar-refractivity contribution in [1.82, 2.24) is 9.88 Å². The van der Waals surface area contributed by atoms with Gasteiger partial charge in [-0.25, -0.2) is 13.4 Å². The summed E-state index contributed by atoms with van der Waals surface area (Å²) in [5.74, 6) is 0.801. The number of rotatable bonds is 8. The number of thiazole rings is 1. The van der Waals surface area contributed by atoms with E-state index in [0.717, 1.165) is 27.6 Å². The normalized spacial score (nSPS) is 11.3. The lowest BCUT2D eigenvalue weighted by Crippen LogP contribution is -2.31. The summed E-state index contributed by atoms with van der Waals surface area (Å²) in [6.07, 6.45) is 1.41. The second-order valence-electron chi connectivity index (χ2n) is 6.86. The molecule has 0 aliphatic heterocycles. The first-order valence-corrected chi connectivity index (χ1v) is 12.2. The largest absolute Gasteiger partial charge is 0.497 e. The molecule has 2 aromatic carbocycles. The molecule has 0 unspecified atom stereocenters. The van der Waals surface area contributed by atoms with Crippen LogP contribution in [0.2, 0.25) is 0 Å². The number of sulfone groups is 1. The van der Waals surface area contributed by atoms with Crippen molar-refractivity contribution in [3.8, 4) is 17.0 Å². The number of benzene rings is 2. The highest BCUT2D eigenvalue weighted by molar-refractivity contribution is 7.90. The molecule has 0 atom stereocenters. The van der Waals surface area contributed by atoms with E-state index in [9.17, 15) is 13.2 Å². The third kappa shape index (κ3) is 5.46. The van der Waals surface area contributed by atoms with E-state index in [1.165, 1.54) is 17.6 Å². The number of aromatic nitrogens is 1. The van der Waals surface area contributed by atoms with Crippen LogP contribution in [0.5, 0.6) is 5.75 Å². The summed E-state index contributed by atoms with van der Waals surface area (Å²) in [6.45, 7) is 3.10. The molecule has 0 fully saturated rings. The zero-order valence-corrected chi connectivity index (χ0v) is 18.8. The van der Waals surface area contributed by atoms with E-state index in [-0.39, 0.29) is 17.2 Å². The molecular weight excluding hydrogens is 420 g/mol. The number of likely N-dealkylation sites (N-methyl/N-ethyl adjacent to an activating group) is 1. The maximum absolute atomic E-state index is 12.8. The van der Waals surface area contributed by atoms with Gasteiger partial charge in [0.25, 0.3) is 0 Å². The van der Waals surface area contributed by atoms with Crippen LogP contribution in [-0.4, -0.2) is 44.1 Å². The molecule has 6 nitrogen and oxygen atoms in total. The van der Waals surface area contributed by atoms with Crippen molar-refractivity contribution in [3.63, 3.8) is 0 Å². The summed E-state index contributed by atoms with van der Waals surface area (Å²) in [5.41, 5.74) is 2.60. The Bertz CT molecular complexity index is 1100. The number of carbonyl (C=O) groups is 1. The Labute approximate surface area is 181 Å². The minimum atomic E-state index is -3.23. The lowest BCUT2D eigenvalue weighted by atomic mass is 10.2. The zero-order chi connectivity index (χ0) is 21.7. The fraction of sp³-hybridized carbons (Fsp3) is 0.273. The minimum Gasteiger partial charge on any atom is -0.497 e. The number of nitrogens with zero attached hydrogens (tertiary/aromatic N) is 2. The van der Waals surface area contributed by atoms with Gasteiger partial charge in [0.15, 0.2) is 9.84 Å². The van der Waals surface area contributed by atoms with Crippen LogP contribution in [0.1, 0.15) is 17.5 Å². The van der Waals surface area contributed by atoms with Crippen LogP contribution in [0.4, 0.5) is 0 Å². The van der Waals surface area contributed by atoms with Crippen LogP contribution in [0, 0.1) is 0 Å². The molecule has 1 aromatic heterocycles. The van der Waals surface area contributed by atoms with E-state index in [0.29, 0.717) is 13.1 Å². The summed E-state index contributed by atoms with van der Waals surface area (Å²) in [4.78, 5) is 19.4. The Hall–Kier alpha value is -2.71. The molecule has 0 saturated heterocycles. The van der Waals surface area contributed by atoms with Crippen LogP contribution < -0.4 is 4.74 Å². The molecular formula is C22H24N2O4S2. The predicted octanol–water partition coefficient (Wildman–Crippen LogP) is 3.81. The van der Waals surface area contributed by atoms with Gasteiger partial charge in [0.2, 0.25) is 5.91 Å². The van der Waals surface area contributed by atoms with Crippen LogP contribution in [0.25, 0.3) is 11.3 Å². The summed E-state index contributed by atoms with van der Waals surface area (Å²) in [7, 11) is -1.61. The number of hydrogen-bond donors (Lipinski definition) is 0. The summed E-state index contributed by atoms with van der Waals surface area (Å²) in [6, 6.07) is 14.3. The predicted molar refractivity (Wildman–Crippen MR) is 118 cm³/mol. The summed E-state index contributed by atoms with van der Waals surface area (Å²) >= 11 is 1.43. The molecule has 0 radical (unpaired) electrons. The van der Waals surface area contributed by atoms with Crippen molar-refractivity contribution in [2.75, 3.05) is 19.9 Å². The highest BCUT2D eigenvalue weighted by Gasteiger charge is 2.16. The second-order valence-corrected chi connectivity index (χ2v) is 9.81. The van der Waals surface area contributed by atoms with E-state index in [1.807, 2.05) is 36.6 Å². The Morgan fingerprint density at radius 2 is 1.77 bits per heavy atom. The third-order valence-corrected chi connectivity index (χ3v) is 6.68. The van der Waals surface area contributed by atoms with Gasteiger partial charge in [0, 0.05) is 30.3 Å². The van der Waals surface area contributed by atoms with Gasteiger partial charge in [-0.1, -0.05) is 24.3 Å². The average molecular weight is 445 g/mol.